The Kier molecular flexibility index (Phi) is 3.61. The van der Waals surface area contributed by atoms with E-state index in [0.717, 1.165) is 23.8 Å². The van der Waals surface area contributed by atoms with Crippen LogP contribution in [0.1, 0.15) is 13.8 Å². The number of aliphatic hydroxyl groups excluding tert-OH is 1. The minimum Gasteiger partial charge on any atom is -0.395 e. The molecule has 2 N–H and O–H groups in total. The minimum absolute atomic E-state index is 0.00524. The zero-order valence-electron chi connectivity index (χ0n) is 10.3. The van der Waals surface area contributed by atoms with Gasteiger partial charge in [-0.15, -0.1) is 0 Å². The van der Waals surface area contributed by atoms with Crippen molar-refractivity contribution in [1.29, 1.82) is 0 Å². The van der Waals surface area contributed by atoms with E-state index in [9.17, 15) is 5.11 Å². The Morgan fingerprint density at radius 2 is 2.06 bits per heavy atom. The third-order valence-corrected chi connectivity index (χ3v) is 3.29. The average Bonchev–Trinajstić information content (AvgIpc) is 2.27. The van der Waals surface area contributed by atoms with Crippen LogP contribution in [0.2, 0.25) is 5.02 Å². The van der Waals surface area contributed by atoms with Gasteiger partial charge in [0.2, 0.25) is 0 Å². The zero-order valence-corrected chi connectivity index (χ0v) is 11.0. The van der Waals surface area contributed by atoms with Gasteiger partial charge in [0.15, 0.2) is 0 Å². The normalized spacial score (nSPS) is 23.8. The van der Waals surface area contributed by atoms with E-state index in [2.05, 4.69) is 24.1 Å². The van der Waals surface area contributed by atoms with Gasteiger partial charge in [-0.1, -0.05) is 11.6 Å². The maximum Gasteiger partial charge on any atom is 0.0602 e. The molecule has 3 nitrogen and oxygen atoms in total. The number of piperazine rings is 1. The molecule has 1 heterocycles. The highest BCUT2D eigenvalue weighted by atomic mass is 35.5. The third-order valence-electron chi connectivity index (χ3n) is 3.03. The van der Waals surface area contributed by atoms with Crippen molar-refractivity contribution < 1.29 is 5.11 Å². The molecular formula is C13H19ClN2O. The van der Waals surface area contributed by atoms with Crippen molar-refractivity contribution in [1.82, 2.24) is 5.32 Å². The van der Waals surface area contributed by atoms with Crippen LogP contribution in [0.4, 0.5) is 5.69 Å². The van der Waals surface area contributed by atoms with Crippen LogP contribution in [-0.2, 0) is 0 Å². The molecule has 1 unspecified atom stereocenters. The Morgan fingerprint density at radius 1 is 1.41 bits per heavy atom. The maximum absolute atomic E-state index is 9.32. The van der Waals surface area contributed by atoms with Gasteiger partial charge in [-0.05, 0) is 38.1 Å². The van der Waals surface area contributed by atoms with E-state index in [-0.39, 0.29) is 18.2 Å². The van der Waals surface area contributed by atoms with Crippen LogP contribution in [0, 0.1) is 0 Å². The molecule has 1 atom stereocenters. The maximum atomic E-state index is 9.32. The van der Waals surface area contributed by atoms with Gasteiger partial charge in [0, 0.05) is 35.4 Å². The molecule has 1 saturated heterocycles. The number of benzene rings is 1. The van der Waals surface area contributed by atoms with Gasteiger partial charge in [0.05, 0.1) is 6.61 Å². The van der Waals surface area contributed by atoms with Gasteiger partial charge in [0.25, 0.3) is 0 Å². The summed E-state index contributed by atoms with van der Waals surface area (Å²) in [7, 11) is 0. The monoisotopic (exact) mass is 254 g/mol. The van der Waals surface area contributed by atoms with Crippen LogP contribution in [0.3, 0.4) is 0 Å². The molecule has 0 spiro atoms. The number of hydrogen-bond acceptors (Lipinski definition) is 3. The highest BCUT2D eigenvalue weighted by Gasteiger charge is 2.31. The van der Waals surface area contributed by atoms with E-state index in [1.165, 1.54) is 0 Å². The first-order valence-corrected chi connectivity index (χ1v) is 6.27. The standard InChI is InChI=1S/C13H19ClN2O/c1-13(2)9-16(7-11(8-17)15-13)12-5-3-10(14)4-6-12/h3-6,11,15,17H,7-9H2,1-2H3. The summed E-state index contributed by atoms with van der Waals surface area (Å²) in [5.74, 6) is 0. The lowest BCUT2D eigenvalue weighted by atomic mass is 9.98. The van der Waals surface area contributed by atoms with Crippen LogP contribution in [0.15, 0.2) is 24.3 Å². The largest absolute Gasteiger partial charge is 0.395 e. The smallest absolute Gasteiger partial charge is 0.0602 e. The van der Waals surface area contributed by atoms with Gasteiger partial charge >= 0.3 is 0 Å². The molecule has 1 aromatic carbocycles. The van der Waals surface area contributed by atoms with Gasteiger partial charge in [-0.3, -0.25) is 0 Å². The van der Waals surface area contributed by atoms with E-state index in [0.29, 0.717) is 0 Å². The summed E-state index contributed by atoms with van der Waals surface area (Å²) < 4.78 is 0. The van der Waals surface area contributed by atoms with Crippen LogP contribution in [0.25, 0.3) is 0 Å². The Morgan fingerprint density at radius 3 is 2.65 bits per heavy atom. The molecule has 0 bridgehead atoms. The summed E-state index contributed by atoms with van der Waals surface area (Å²) in [5, 5.41) is 13.5. The highest BCUT2D eigenvalue weighted by molar-refractivity contribution is 6.30. The lowest BCUT2D eigenvalue weighted by molar-refractivity contribution is 0.191. The van der Waals surface area contributed by atoms with E-state index in [4.69, 9.17) is 11.6 Å². The summed E-state index contributed by atoms with van der Waals surface area (Å²) in [5.41, 5.74) is 1.16. The Balaban J connectivity index is 2.17. The summed E-state index contributed by atoms with van der Waals surface area (Å²) >= 11 is 5.89. The fourth-order valence-corrected chi connectivity index (χ4v) is 2.53. The number of nitrogens with zero attached hydrogens (tertiary/aromatic N) is 1. The van der Waals surface area contributed by atoms with Crippen LogP contribution in [0.5, 0.6) is 0 Å². The van der Waals surface area contributed by atoms with Crippen molar-refractivity contribution in [2.45, 2.75) is 25.4 Å². The fourth-order valence-electron chi connectivity index (χ4n) is 2.40. The van der Waals surface area contributed by atoms with E-state index >= 15 is 0 Å². The van der Waals surface area contributed by atoms with Gasteiger partial charge in [-0.25, -0.2) is 0 Å². The molecule has 1 aliphatic rings. The molecule has 2 rings (SSSR count). The second kappa shape index (κ2) is 4.84. The Hall–Kier alpha value is -0.770. The summed E-state index contributed by atoms with van der Waals surface area (Å²) in [6, 6.07) is 7.98. The first kappa shape index (κ1) is 12.7. The van der Waals surface area contributed by atoms with Crippen molar-refractivity contribution >= 4 is 17.3 Å². The quantitative estimate of drug-likeness (QED) is 0.846. The summed E-state index contributed by atoms with van der Waals surface area (Å²) in [6.07, 6.45) is 0. The number of hydrogen-bond donors (Lipinski definition) is 2. The van der Waals surface area contributed by atoms with Crippen molar-refractivity contribution in [2.75, 3.05) is 24.6 Å². The third kappa shape index (κ3) is 3.12. The van der Waals surface area contributed by atoms with Gasteiger partial charge < -0.3 is 15.3 Å². The molecule has 0 radical (unpaired) electrons. The summed E-state index contributed by atoms with van der Waals surface area (Å²) in [4.78, 5) is 2.29. The fraction of sp³-hybridized carbons (Fsp3) is 0.538. The number of nitrogens with one attached hydrogen (secondary N) is 1. The molecule has 0 saturated carbocycles. The van der Waals surface area contributed by atoms with Crippen molar-refractivity contribution in [3.8, 4) is 0 Å². The number of rotatable bonds is 2. The lowest BCUT2D eigenvalue weighted by Gasteiger charge is -2.44. The first-order valence-electron chi connectivity index (χ1n) is 5.89. The minimum atomic E-state index is 0.00524. The van der Waals surface area contributed by atoms with E-state index in [1.54, 1.807) is 0 Å². The van der Waals surface area contributed by atoms with Crippen LogP contribution < -0.4 is 10.2 Å². The average molecular weight is 255 g/mol. The van der Waals surface area contributed by atoms with Crippen molar-refractivity contribution in [3.63, 3.8) is 0 Å². The molecule has 1 aliphatic heterocycles. The second-order valence-electron chi connectivity index (χ2n) is 5.26. The zero-order chi connectivity index (χ0) is 12.5. The molecule has 17 heavy (non-hydrogen) atoms. The van der Waals surface area contributed by atoms with Crippen molar-refractivity contribution in [3.05, 3.63) is 29.3 Å². The molecule has 94 valence electrons. The topological polar surface area (TPSA) is 35.5 Å². The molecular weight excluding hydrogens is 236 g/mol. The molecule has 0 amide bonds. The van der Waals surface area contributed by atoms with Crippen molar-refractivity contribution in [2.24, 2.45) is 0 Å². The second-order valence-corrected chi connectivity index (χ2v) is 5.70. The SMILES string of the molecule is CC1(C)CN(c2ccc(Cl)cc2)CC(CO)N1. The molecule has 0 aromatic heterocycles. The van der Waals surface area contributed by atoms with Gasteiger partial charge in [-0.2, -0.15) is 0 Å². The van der Waals surface area contributed by atoms with Crippen LogP contribution >= 0.6 is 11.6 Å². The van der Waals surface area contributed by atoms with E-state index < -0.39 is 0 Å². The number of aliphatic hydroxyl groups is 1. The molecule has 1 aromatic rings. The number of halogens is 1. The number of anilines is 1. The Bertz CT molecular complexity index is 378. The molecule has 1 fully saturated rings. The first-order chi connectivity index (χ1) is 8.00. The van der Waals surface area contributed by atoms with E-state index in [1.807, 2.05) is 24.3 Å². The lowest BCUT2D eigenvalue weighted by Crippen LogP contribution is -2.63. The predicted molar refractivity (Wildman–Crippen MR) is 71.8 cm³/mol. The summed E-state index contributed by atoms with van der Waals surface area (Å²) in [6.45, 7) is 6.20. The molecule has 0 aliphatic carbocycles. The Labute approximate surface area is 107 Å². The predicted octanol–water partition coefficient (Wildman–Crippen LogP) is 1.89. The van der Waals surface area contributed by atoms with Gasteiger partial charge in [0.1, 0.15) is 0 Å². The molecule has 4 heteroatoms. The van der Waals surface area contributed by atoms with Crippen LogP contribution in [-0.4, -0.2) is 36.4 Å². The highest BCUT2D eigenvalue weighted by Crippen LogP contribution is 2.23.